The minimum absolute atomic E-state index is 0.647. The number of benzene rings is 1. The molecule has 1 atom stereocenters. The number of fused-ring (bicyclic) bond motifs is 1. The topological polar surface area (TPSA) is 26.9 Å². The highest BCUT2D eigenvalue weighted by Crippen LogP contribution is 2.07. The molecule has 0 saturated carbocycles. The summed E-state index contributed by atoms with van der Waals surface area (Å²) in [5.74, 6) is 0. The van der Waals surface area contributed by atoms with Crippen molar-refractivity contribution in [3.05, 3.63) is 41.6 Å². The first-order chi connectivity index (χ1) is 5.79. The van der Waals surface area contributed by atoms with Gasteiger partial charge in [-0.05, 0) is 21.4 Å². The lowest BCUT2D eigenvalue weighted by atomic mass is 10.2. The molecule has 0 aliphatic heterocycles. The Labute approximate surface area is 72.6 Å². The molecule has 0 bridgehead atoms. The van der Waals surface area contributed by atoms with Gasteiger partial charge in [0.15, 0.2) is 0 Å². The van der Waals surface area contributed by atoms with Gasteiger partial charge < -0.3 is 5.21 Å². The molecule has 12 heavy (non-hydrogen) atoms. The van der Waals surface area contributed by atoms with E-state index in [1.54, 1.807) is 6.07 Å². The van der Waals surface area contributed by atoms with Gasteiger partial charge in [0.2, 0.25) is 11.0 Å². The first-order valence-electron chi connectivity index (χ1n) is 3.66. The van der Waals surface area contributed by atoms with Crippen molar-refractivity contribution in [2.24, 2.45) is 0 Å². The van der Waals surface area contributed by atoms with Crippen LogP contribution in [0.4, 0.5) is 0 Å². The molecule has 1 unspecified atom stereocenters. The van der Waals surface area contributed by atoms with Crippen LogP contribution < -0.4 is 10.2 Å². The average Bonchev–Trinajstić information content (AvgIpc) is 2.12. The van der Waals surface area contributed by atoms with Gasteiger partial charge >= 0.3 is 0 Å². The first kappa shape index (κ1) is 7.51. The van der Waals surface area contributed by atoms with E-state index in [9.17, 15) is 5.21 Å². The van der Waals surface area contributed by atoms with Gasteiger partial charge in [0.25, 0.3) is 0 Å². The van der Waals surface area contributed by atoms with Gasteiger partial charge in [-0.15, -0.1) is 0 Å². The molecule has 0 fully saturated rings. The molecule has 0 spiro atoms. The lowest BCUT2D eigenvalue weighted by Crippen LogP contribution is -2.40. The van der Waals surface area contributed by atoms with E-state index < -0.39 is 0 Å². The molecule has 1 heterocycles. The molecular weight excluding hydrogens is 169 g/mol. The van der Waals surface area contributed by atoms with Gasteiger partial charge in [-0.2, -0.15) is 4.73 Å². The van der Waals surface area contributed by atoms with Crippen LogP contribution >= 0.6 is 9.24 Å². The van der Waals surface area contributed by atoms with Crippen LogP contribution in [0.25, 0.3) is 10.9 Å². The normalized spacial score (nSPS) is 10.4. The smallest absolute Gasteiger partial charge is 0.224 e. The van der Waals surface area contributed by atoms with Crippen molar-refractivity contribution < 1.29 is 4.73 Å². The largest absolute Gasteiger partial charge is 0.618 e. The standard InChI is InChI=1S/C9H8NOP/c11-10-8-4-2-1-3-7(8)5-6-9(10)12/h1-6H,12H2. The van der Waals surface area contributed by atoms with E-state index in [2.05, 4.69) is 9.24 Å². The molecule has 0 N–H and O–H groups in total. The maximum absolute atomic E-state index is 11.4. The summed E-state index contributed by atoms with van der Waals surface area (Å²) in [6, 6.07) is 11.3. The van der Waals surface area contributed by atoms with Crippen molar-refractivity contribution in [1.29, 1.82) is 0 Å². The maximum atomic E-state index is 11.4. The number of aromatic nitrogens is 1. The molecule has 2 nitrogen and oxygen atoms in total. The Morgan fingerprint density at radius 3 is 2.67 bits per heavy atom. The van der Waals surface area contributed by atoms with Gasteiger partial charge in [-0.1, -0.05) is 12.1 Å². The third kappa shape index (κ3) is 1.05. The summed E-state index contributed by atoms with van der Waals surface area (Å²) in [5.41, 5.74) is 1.36. The van der Waals surface area contributed by atoms with Crippen molar-refractivity contribution in [2.75, 3.05) is 0 Å². The molecule has 60 valence electrons. The van der Waals surface area contributed by atoms with Gasteiger partial charge in [0.1, 0.15) is 0 Å². The molecule has 2 rings (SSSR count). The van der Waals surface area contributed by atoms with Crippen molar-refractivity contribution in [3.8, 4) is 0 Å². The lowest BCUT2D eigenvalue weighted by Gasteiger charge is -2.02. The Morgan fingerprint density at radius 1 is 1.08 bits per heavy atom. The summed E-state index contributed by atoms with van der Waals surface area (Å²) in [5, 5.41) is 12.4. The summed E-state index contributed by atoms with van der Waals surface area (Å²) >= 11 is 0. The van der Waals surface area contributed by atoms with Crippen LogP contribution in [-0.2, 0) is 0 Å². The number of para-hydroxylation sites is 1. The molecule has 0 aliphatic rings. The number of hydrogen-bond acceptors (Lipinski definition) is 1. The maximum Gasteiger partial charge on any atom is 0.224 e. The fraction of sp³-hybridized carbons (Fsp3) is 0. The highest BCUT2D eigenvalue weighted by molar-refractivity contribution is 7.26. The van der Waals surface area contributed by atoms with Crippen molar-refractivity contribution in [1.82, 2.24) is 0 Å². The Hall–Kier alpha value is -1.14. The molecule has 1 aromatic heterocycles. The highest BCUT2D eigenvalue weighted by Gasteiger charge is 2.03. The van der Waals surface area contributed by atoms with E-state index >= 15 is 0 Å². The molecule has 1 aromatic carbocycles. The van der Waals surface area contributed by atoms with Gasteiger partial charge in [-0.3, -0.25) is 0 Å². The Bertz CT molecular complexity index is 428. The highest BCUT2D eigenvalue weighted by atomic mass is 31.0. The third-order valence-electron chi connectivity index (χ3n) is 1.82. The van der Waals surface area contributed by atoms with Crippen LogP contribution in [0, 0.1) is 5.21 Å². The van der Waals surface area contributed by atoms with E-state index in [1.807, 2.05) is 30.3 Å². The molecule has 0 amide bonds. The van der Waals surface area contributed by atoms with E-state index in [0.717, 1.165) is 10.1 Å². The fourth-order valence-corrected chi connectivity index (χ4v) is 1.43. The first-order valence-corrected chi connectivity index (χ1v) is 4.23. The predicted molar refractivity (Wildman–Crippen MR) is 52.3 cm³/mol. The number of pyridine rings is 1. The summed E-state index contributed by atoms with van der Waals surface area (Å²) in [7, 11) is 2.41. The Balaban J connectivity index is 2.91. The zero-order chi connectivity index (χ0) is 8.55. The predicted octanol–water partition coefficient (Wildman–Crippen LogP) is 0.974. The van der Waals surface area contributed by atoms with Crippen LogP contribution in [0.5, 0.6) is 0 Å². The fourth-order valence-electron chi connectivity index (χ4n) is 1.20. The Morgan fingerprint density at radius 2 is 1.83 bits per heavy atom. The van der Waals surface area contributed by atoms with Crippen LogP contribution in [-0.4, -0.2) is 0 Å². The van der Waals surface area contributed by atoms with Crippen molar-refractivity contribution >= 4 is 25.6 Å². The zero-order valence-electron chi connectivity index (χ0n) is 6.40. The van der Waals surface area contributed by atoms with Crippen LogP contribution in [0.3, 0.4) is 0 Å². The third-order valence-corrected chi connectivity index (χ3v) is 2.25. The number of nitrogens with zero attached hydrogens (tertiary/aromatic N) is 1. The quantitative estimate of drug-likeness (QED) is 0.334. The van der Waals surface area contributed by atoms with E-state index in [4.69, 9.17) is 0 Å². The van der Waals surface area contributed by atoms with Crippen LogP contribution in [0.15, 0.2) is 36.4 Å². The summed E-state index contributed by atoms with van der Waals surface area (Å²) < 4.78 is 0.917. The van der Waals surface area contributed by atoms with E-state index in [1.165, 1.54) is 0 Å². The van der Waals surface area contributed by atoms with Gasteiger partial charge in [-0.25, -0.2) is 0 Å². The van der Waals surface area contributed by atoms with Crippen LogP contribution in [0.2, 0.25) is 0 Å². The molecule has 3 heteroatoms. The number of rotatable bonds is 0. The minimum atomic E-state index is 0.647. The van der Waals surface area contributed by atoms with Crippen molar-refractivity contribution in [2.45, 2.75) is 0 Å². The number of hydrogen-bond donors (Lipinski definition) is 0. The molecule has 0 saturated heterocycles. The average molecular weight is 177 g/mol. The van der Waals surface area contributed by atoms with Crippen LogP contribution in [0.1, 0.15) is 0 Å². The van der Waals surface area contributed by atoms with Crippen molar-refractivity contribution in [3.63, 3.8) is 0 Å². The second-order valence-corrected chi connectivity index (χ2v) is 3.20. The van der Waals surface area contributed by atoms with Gasteiger partial charge in [0.05, 0.1) is 0 Å². The second kappa shape index (κ2) is 2.72. The zero-order valence-corrected chi connectivity index (χ0v) is 7.55. The van der Waals surface area contributed by atoms with E-state index in [-0.39, 0.29) is 0 Å². The minimum Gasteiger partial charge on any atom is -0.618 e. The Kier molecular flexibility index (Phi) is 1.70. The lowest BCUT2D eigenvalue weighted by molar-refractivity contribution is -0.556. The monoisotopic (exact) mass is 177 g/mol. The molecular formula is C9H8NOP. The molecule has 2 aromatic rings. The van der Waals surface area contributed by atoms with E-state index in [0.29, 0.717) is 11.0 Å². The summed E-state index contributed by atoms with van der Waals surface area (Å²) in [4.78, 5) is 0. The van der Waals surface area contributed by atoms with Gasteiger partial charge in [0, 0.05) is 17.5 Å². The molecule has 0 radical (unpaired) electrons. The SMILES string of the molecule is [O-][n+]1c(P)ccc2ccccc21. The summed E-state index contributed by atoms with van der Waals surface area (Å²) in [6.07, 6.45) is 0. The second-order valence-electron chi connectivity index (χ2n) is 2.61. The molecule has 0 aliphatic carbocycles. The summed E-state index contributed by atoms with van der Waals surface area (Å²) in [6.45, 7) is 0.